The molecule has 12 rings (SSSR count). The Hall–Kier alpha value is -0.651. The Bertz CT molecular complexity index is 1620. The van der Waals surface area contributed by atoms with Crippen LogP contribution in [0.25, 0.3) is 0 Å². The van der Waals surface area contributed by atoms with Crippen molar-refractivity contribution < 1.29 is 6.51 Å². The van der Waals surface area contributed by atoms with Gasteiger partial charge < -0.3 is 0 Å². The number of nitrogens with one attached hydrogen (secondary N) is 1. The van der Waals surface area contributed by atoms with Crippen molar-refractivity contribution in [3.8, 4) is 0 Å². The van der Waals surface area contributed by atoms with E-state index in [-0.39, 0.29) is 7.92 Å². The van der Waals surface area contributed by atoms with Gasteiger partial charge in [-0.3, -0.25) is 0 Å². The van der Waals surface area contributed by atoms with Gasteiger partial charge in [0, 0.05) is 0 Å². The zero-order chi connectivity index (χ0) is 21.2. The number of rotatable bonds is 6. The average molecular weight is 483 g/mol. The molecule has 0 saturated carbocycles. The molecule has 1 spiro atoms. The van der Waals surface area contributed by atoms with Crippen LogP contribution in [-0.4, -0.2) is 16.6 Å². The standard InChI is InChI=1S/C24H29NP.C5H5.Fe/c1-19(25-18-24(2,3)4)22-16-11-17-23(22)26(20-12-7-5-8-13-20)21-14-9-6-10-15-21;1-2-4-5-3-1;/h5-17,19,25H,18H2,1-4H3;1-5H;/t19-;;/m1../s1. The van der Waals surface area contributed by atoms with Crippen LogP contribution < -0.4 is 15.9 Å². The Balaban J connectivity index is 1.18. The van der Waals surface area contributed by atoms with Crippen LogP contribution in [0.15, 0.2) is 60.7 Å². The van der Waals surface area contributed by atoms with Crippen LogP contribution in [-0.2, 0) is 6.51 Å². The third-order valence-corrected chi connectivity index (χ3v) is 69.0. The molecular weight excluding hydrogens is 449 g/mol. The van der Waals surface area contributed by atoms with Crippen LogP contribution in [0, 0.1) is 5.41 Å². The summed E-state index contributed by atoms with van der Waals surface area (Å²) >= 11 is 0. The second-order valence-corrected chi connectivity index (χ2v) is 42.5. The maximum absolute atomic E-state index is 4.27. The molecule has 6 atom stereocenters. The van der Waals surface area contributed by atoms with Crippen LogP contribution in [0.5, 0.6) is 0 Å². The van der Waals surface area contributed by atoms with E-state index < -0.39 is 6.51 Å². The van der Waals surface area contributed by atoms with Crippen LogP contribution in [0.4, 0.5) is 0 Å². The molecule has 0 aromatic heterocycles. The van der Waals surface area contributed by atoms with Crippen molar-refractivity contribution in [2.45, 2.75) is 80.6 Å². The molecule has 10 aliphatic heterocycles. The molecule has 2 aromatic rings. The molecule has 1 nitrogen and oxygen atoms in total. The SMILES string of the molecule is C[C@@H](NCC(C)(C)C)[C@@]12[CH]3[CH]4[CH]5[C]1(P(c1ccccc1)c1ccccc1)[Fe]45321678[CH]2[CH]1[CH]6[CH]7[CH]28. The van der Waals surface area contributed by atoms with Gasteiger partial charge in [0.15, 0.2) is 0 Å². The molecule has 32 heavy (non-hydrogen) atoms. The summed E-state index contributed by atoms with van der Waals surface area (Å²) in [5.74, 6) is 0. The van der Waals surface area contributed by atoms with Crippen LogP contribution in [0.2, 0.25) is 42.8 Å². The van der Waals surface area contributed by atoms with E-state index in [2.05, 4.69) is 93.7 Å². The first-order valence-corrected chi connectivity index (χ1v) is 20.5. The van der Waals surface area contributed by atoms with Gasteiger partial charge in [0.1, 0.15) is 0 Å². The van der Waals surface area contributed by atoms with Gasteiger partial charge in [0.25, 0.3) is 0 Å². The van der Waals surface area contributed by atoms with Crippen molar-refractivity contribution in [2.24, 2.45) is 5.41 Å². The zero-order valence-electron chi connectivity index (χ0n) is 19.5. The van der Waals surface area contributed by atoms with Gasteiger partial charge in [-0.2, -0.15) is 0 Å². The summed E-state index contributed by atoms with van der Waals surface area (Å²) in [6.07, 6.45) is 0. The van der Waals surface area contributed by atoms with Crippen molar-refractivity contribution in [2.75, 3.05) is 6.54 Å². The molecule has 4 unspecified atom stereocenters. The number of fused-ring (bicyclic) bond motifs is 10. The summed E-state index contributed by atoms with van der Waals surface area (Å²) in [5.41, 5.74) is 0.374. The molecule has 3 heteroatoms. The summed E-state index contributed by atoms with van der Waals surface area (Å²) < 4.78 is 1.63. The van der Waals surface area contributed by atoms with Gasteiger partial charge >= 0.3 is 184 Å². The summed E-state index contributed by atoms with van der Waals surface area (Å²) in [6, 6.07) is 24.7. The minimum atomic E-state index is -3.57. The van der Waals surface area contributed by atoms with E-state index in [1.807, 2.05) is 0 Å². The normalized spacial score (nSPS) is 72.8. The fourth-order valence-electron chi connectivity index (χ4n) is 20.8. The number of hydrogen-bond acceptors (Lipinski definition) is 1. The first kappa shape index (κ1) is 16.1. The summed E-state index contributed by atoms with van der Waals surface area (Å²) in [5, 5.41) is 7.72. The summed E-state index contributed by atoms with van der Waals surface area (Å²) in [7, 11) is -0.228. The van der Waals surface area contributed by atoms with Gasteiger partial charge in [-0.15, -0.1) is 0 Å². The Morgan fingerprint density at radius 1 is 0.812 bits per heavy atom. The molecule has 1 N–H and O–H groups in total. The van der Waals surface area contributed by atoms with Crippen molar-refractivity contribution in [3.05, 3.63) is 60.7 Å². The average Bonchev–Trinajstić information content (AvgIpc) is 3.73. The summed E-state index contributed by atoms with van der Waals surface area (Å²) in [6.45, 7) is 7.57. The third kappa shape index (κ3) is 0.328. The molecule has 10 saturated heterocycles. The number of hydrogen-bond donors (Lipinski definition) is 1. The molecular formula is C29H34FeNP. The van der Waals surface area contributed by atoms with E-state index in [0.29, 0.717) is 5.41 Å². The van der Waals surface area contributed by atoms with Gasteiger partial charge in [-0.25, -0.2) is 0 Å². The second-order valence-electron chi connectivity index (χ2n) is 16.4. The van der Waals surface area contributed by atoms with Crippen molar-refractivity contribution in [3.63, 3.8) is 0 Å². The van der Waals surface area contributed by atoms with Crippen LogP contribution in [0.1, 0.15) is 27.7 Å². The molecule has 0 amide bonds. The molecule has 2 aromatic carbocycles. The van der Waals surface area contributed by atoms with Crippen LogP contribution in [0.3, 0.4) is 0 Å². The Labute approximate surface area is 183 Å². The van der Waals surface area contributed by atoms with E-state index in [1.165, 1.54) is 45.1 Å². The fraction of sp³-hybridized carbons (Fsp3) is 0.586. The van der Waals surface area contributed by atoms with Crippen LogP contribution >= 0.6 is 7.92 Å². The van der Waals surface area contributed by atoms with Gasteiger partial charge in [-0.1, -0.05) is 0 Å². The summed E-state index contributed by atoms with van der Waals surface area (Å²) in [4.78, 5) is 10.7. The minimum absolute atomic E-state index is 0.228. The Kier molecular flexibility index (Phi) is 1.08. The third-order valence-electron chi connectivity index (χ3n) is 18.8. The fourth-order valence-corrected chi connectivity index (χ4v) is 113. The van der Waals surface area contributed by atoms with E-state index >= 15 is 0 Å². The number of benzene rings is 2. The molecule has 10 aliphatic rings. The quantitative estimate of drug-likeness (QED) is 0.352. The van der Waals surface area contributed by atoms with Gasteiger partial charge in [-0.05, 0) is 0 Å². The first-order chi connectivity index (χ1) is 15.2. The predicted molar refractivity (Wildman–Crippen MR) is 131 cm³/mol. The monoisotopic (exact) mass is 483 g/mol. The van der Waals surface area contributed by atoms with Gasteiger partial charge in [0.2, 0.25) is 0 Å². The molecule has 0 radical (unpaired) electrons. The van der Waals surface area contributed by atoms with E-state index in [1.54, 1.807) is 10.6 Å². The van der Waals surface area contributed by atoms with Crippen molar-refractivity contribution in [1.29, 1.82) is 0 Å². The Morgan fingerprint density at radius 3 is 1.72 bits per heavy atom. The molecule has 10 fully saturated rings. The maximum atomic E-state index is 4.27. The predicted octanol–water partition coefficient (Wildman–Crippen LogP) is 6.81. The van der Waals surface area contributed by atoms with Crippen molar-refractivity contribution in [1.82, 2.24) is 5.32 Å². The zero-order valence-corrected chi connectivity index (χ0v) is 21.5. The molecule has 168 valence electrons. The molecule has 0 aliphatic carbocycles. The molecule has 10 heterocycles. The van der Waals surface area contributed by atoms with Gasteiger partial charge in [0.05, 0.1) is 0 Å². The van der Waals surface area contributed by atoms with E-state index in [0.717, 1.165) is 14.4 Å². The second kappa shape index (κ2) is 2.15. The molecule has 0 bridgehead atoms. The van der Waals surface area contributed by atoms with E-state index in [4.69, 9.17) is 0 Å². The Morgan fingerprint density at radius 2 is 1.31 bits per heavy atom. The first-order valence-electron chi connectivity index (χ1n) is 13.0. The van der Waals surface area contributed by atoms with Crippen molar-refractivity contribution >= 4 is 18.5 Å². The topological polar surface area (TPSA) is 12.0 Å². The van der Waals surface area contributed by atoms with E-state index in [9.17, 15) is 0 Å².